The van der Waals surface area contributed by atoms with Crippen molar-refractivity contribution >= 4 is 21.8 Å². The van der Waals surface area contributed by atoms with E-state index in [0.29, 0.717) is 32.7 Å². The fourth-order valence-corrected chi connectivity index (χ4v) is 4.44. The lowest BCUT2D eigenvalue weighted by atomic mass is 10.2. The van der Waals surface area contributed by atoms with Crippen molar-refractivity contribution in [3.63, 3.8) is 0 Å². The molecule has 1 aliphatic heterocycles. The Bertz CT molecular complexity index is 731. The molecular weight excluding hydrogens is 368 g/mol. The lowest BCUT2D eigenvalue weighted by Gasteiger charge is -2.33. The molecule has 0 saturated carbocycles. The Morgan fingerprint density at radius 3 is 2.33 bits per heavy atom. The number of nitrogens with zero attached hydrogens (tertiary/aromatic N) is 2. The van der Waals surface area contributed by atoms with E-state index in [9.17, 15) is 18.0 Å². The summed E-state index contributed by atoms with van der Waals surface area (Å²) in [6.07, 6.45) is 0. The minimum absolute atomic E-state index is 0.0155. The van der Waals surface area contributed by atoms with Crippen LogP contribution in [0.3, 0.4) is 0 Å². The van der Waals surface area contributed by atoms with Gasteiger partial charge in [-0.1, -0.05) is 30.3 Å². The van der Waals surface area contributed by atoms with E-state index in [4.69, 9.17) is 0 Å². The summed E-state index contributed by atoms with van der Waals surface area (Å²) in [7, 11) is -3.37. The summed E-state index contributed by atoms with van der Waals surface area (Å²) >= 11 is 0. The van der Waals surface area contributed by atoms with Crippen molar-refractivity contribution in [1.82, 2.24) is 19.8 Å². The predicted octanol–water partition coefficient (Wildman–Crippen LogP) is -0.225. The van der Waals surface area contributed by atoms with E-state index in [0.717, 1.165) is 5.56 Å². The number of piperazine rings is 1. The van der Waals surface area contributed by atoms with Gasteiger partial charge in [-0.05, 0) is 19.4 Å². The molecule has 0 aliphatic carbocycles. The van der Waals surface area contributed by atoms with Gasteiger partial charge >= 0.3 is 0 Å². The fourth-order valence-electron chi connectivity index (χ4n) is 2.93. The van der Waals surface area contributed by atoms with E-state index >= 15 is 0 Å². The molecule has 27 heavy (non-hydrogen) atoms. The number of nitrogens with one attached hydrogen (secondary N) is 2. The van der Waals surface area contributed by atoms with Gasteiger partial charge < -0.3 is 10.6 Å². The molecule has 2 N–H and O–H groups in total. The fraction of sp³-hybridized carbons (Fsp3) is 0.556. The number of hydrogen-bond donors (Lipinski definition) is 2. The van der Waals surface area contributed by atoms with Gasteiger partial charge in [0, 0.05) is 32.7 Å². The number of rotatable bonds is 8. The molecule has 150 valence electrons. The number of sulfonamides is 1. The molecule has 2 amide bonds. The molecular formula is C18H28N4O4S. The van der Waals surface area contributed by atoms with Gasteiger partial charge in [-0.2, -0.15) is 4.31 Å². The average Bonchev–Trinajstić information content (AvgIpc) is 2.62. The van der Waals surface area contributed by atoms with E-state index in [1.807, 2.05) is 30.0 Å². The molecule has 0 bridgehead atoms. The lowest BCUT2D eigenvalue weighted by molar-refractivity contribution is -0.129. The first kappa shape index (κ1) is 21.3. The normalized spacial score (nSPS) is 17.3. The van der Waals surface area contributed by atoms with Gasteiger partial charge in [0.1, 0.15) is 6.04 Å². The van der Waals surface area contributed by atoms with Crippen LogP contribution in [0.2, 0.25) is 0 Å². The molecule has 0 spiro atoms. The first-order chi connectivity index (χ1) is 12.8. The number of benzene rings is 1. The zero-order valence-electron chi connectivity index (χ0n) is 15.8. The molecule has 1 aromatic carbocycles. The molecule has 0 aromatic heterocycles. The van der Waals surface area contributed by atoms with E-state index in [1.165, 1.54) is 4.31 Å². The van der Waals surface area contributed by atoms with Crippen LogP contribution in [0.1, 0.15) is 19.4 Å². The van der Waals surface area contributed by atoms with Crippen molar-refractivity contribution in [3.8, 4) is 0 Å². The molecule has 1 atom stereocenters. The Balaban J connectivity index is 1.79. The van der Waals surface area contributed by atoms with Crippen LogP contribution >= 0.6 is 0 Å². The Hall–Kier alpha value is -1.97. The van der Waals surface area contributed by atoms with Crippen LogP contribution < -0.4 is 10.6 Å². The Kier molecular flexibility index (Phi) is 7.76. The van der Waals surface area contributed by atoms with Gasteiger partial charge in [0.25, 0.3) is 0 Å². The van der Waals surface area contributed by atoms with Gasteiger partial charge in [0.05, 0.1) is 12.3 Å². The number of carbonyl (C=O) groups excluding carboxylic acids is 2. The highest BCUT2D eigenvalue weighted by Crippen LogP contribution is 2.13. The van der Waals surface area contributed by atoms with Crippen molar-refractivity contribution in [2.75, 3.05) is 39.3 Å². The molecule has 9 heteroatoms. The zero-order valence-corrected chi connectivity index (χ0v) is 16.7. The summed E-state index contributed by atoms with van der Waals surface area (Å²) in [5.74, 6) is -0.477. The van der Waals surface area contributed by atoms with Crippen LogP contribution in [-0.4, -0.2) is 74.7 Å². The van der Waals surface area contributed by atoms with Crippen LogP contribution in [0.25, 0.3) is 0 Å². The topological polar surface area (TPSA) is 98.8 Å². The van der Waals surface area contributed by atoms with Crippen LogP contribution in [-0.2, 0) is 25.4 Å². The number of amides is 2. The summed E-state index contributed by atoms with van der Waals surface area (Å²) in [5.41, 5.74) is 0.763. The highest BCUT2D eigenvalue weighted by molar-refractivity contribution is 7.88. The zero-order chi connectivity index (χ0) is 19.9. The minimum Gasteiger partial charge on any atom is -0.355 e. The second-order valence-electron chi connectivity index (χ2n) is 6.60. The quantitative estimate of drug-likeness (QED) is 0.633. The molecule has 1 saturated heterocycles. The number of likely N-dealkylation sites (N-methyl/N-ethyl adjacent to an activating group) is 1. The molecule has 8 nitrogen and oxygen atoms in total. The van der Waals surface area contributed by atoms with Crippen LogP contribution in [0.15, 0.2) is 30.3 Å². The van der Waals surface area contributed by atoms with E-state index < -0.39 is 16.1 Å². The Morgan fingerprint density at radius 2 is 1.74 bits per heavy atom. The minimum atomic E-state index is -3.37. The SMILES string of the molecule is CCNC(=O)[C@@H](C)NC(=O)CN1CCN(S(=O)(=O)Cc2ccccc2)CC1. The molecule has 1 aliphatic rings. The van der Waals surface area contributed by atoms with Crippen molar-refractivity contribution in [2.24, 2.45) is 0 Å². The van der Waals surface area contributed by atoms with Crippen molar-refractivity contribution < 1.29 is 18.0 Å². The molecule has 0 radical (unpaired) electrons. The average molecular weight is 397 g/mol. The van der Waals surface area contributed by atoms with E-state index in [-0.39, 0.29) is 24.1 Å². The van der Waals surface area contributed by atoms with Gasteiger partial charge in [0.15, 0.2) is 0 Å². The molecule has 1 heterocycles. The first-order valence-corrected chi connectivity index (χ1v) is 10.7. The third-order valence-corrected chi connectivity index (χ3v) is 6.26. The van der Waals surface area contributed by atoms with Crippen LogP contribution in [0, 0.1) is 0 Å². The van der Waals surface area contributed by atoms with Gasteiger partial charge in [-0.15, -0.1) is 0 Å². The summed E-state index contributed by atoms with van der Waals surface area (Å²) < 4.78 is 26.6. The predicted molar refractivity (Wildman–Crippen MR) is 103 cm³/mol. The van der Waals surface area contributed by atoms with Gasteiger partial charge in [-0.25, -0.2) is 8.42 Å². The second kappa shape index (κ2) is 9.82. The standard InChI is InChI=1S/C18H28N4O4S/c1-3-19-18(24)15(2)20-17(23)13-21-9-11-22(12-10-21)27(25,26)14-16-7-5-4-6-8-16/h4-8,15H,3,9-14H2,1-2H3,(H,19,24)(H,20,23)/t15-/m1/s1. The highest BCUT2D eigenvalue weighted by Gasteiger charge is 2.28. The molecule has 2 rings (SSSR count). The molecule has 1 aromatic rings. The largest absolute Gasteiger partial charge is 0.355 e. The molecule has 0 unspecified atom stereocenters. The maximum atomic E-state index is 12.5. The monoisotopic (exact) mass is 396 g/mol. The maximum absolute atomic E-state index is 12.5. The summed E-state index contributed by atoms with van der Waals surface area (Å²) in [4.78, 5) is 25.6. The summed E-state index contributed by atoms with van der Waals surface area (Å²) in [6.45, 7) is 5.79. The third kappa shape index (κ3) is 6.60. The highest BCUT2D eigenvalue weighted by atomic mass is 32.2. The summed E-state index contributed by atoms with van der Waals surface area (Å²) in [6, 6.07) is 8.51. The van der Waals surface area contributed by atoms with Gasteiger partial charge in [0.2, 0.25) is 21.8 Å². The maximum Gasteiger partial charge on any atom is 0.242 e. The Labute approximate surface area is 161 Å². The number of carbonyl (C=O) groups is 2. The smallest absolute Gasteiger partial charge is 0.242 e. The lowest BCUT2D eigenvalue weighted by Crippen LogP contribution is -2.53. The second-order valence-corrected chi connectivity index (χ2v) is 8.57. The summed E-state index contributed by atoms with van der Waals surface area (Å²) in [5, 5.41) is 5.32. The van der Waals surface area contributed by atoms with Crippen molar-refractivity contribution in [2.45, 2.75) is 25.6 Å². The Morgan fingerprint density at radius 1 is 1.11 bits per heavy atom. The third-order valence-electron chi connectivity index (χ3n) is 4.41. The van der Waals surface area contributed by atoms with Crippen molar-refractivity contribution in [3.05, 3.63) is 35.9 Å². The van der Waals surface area contributed by atoms with Crippen molar-refractivity contribution in [1.29, 1.82) is 0 Å². The number of hydrogen-bond acceptors (Lipinski definition) is 5. The van der Waals surface area contributed by atoms with E-state index in [2.05, 4.69) is 10.6 Å². The van der Waals surface area contributed by atoms with Crippen LogP contribution in [0.5, 0.6) is 0 Å². The first-order valence-electron chi connectivity index (χ1n) is 9.13. The molecule has 1 fully saturated rings. The van der Waals surface area contributed by atoms with Crippen LogP contribution in [0.4, 0.5) is 0 Å². The van der Waals surface area contributed by atoms with E-state index in [1.54, 1.807) is 19.1 Å². The van der Waals surface area contributed by atoms with Gasteiger partial charge in [-0.3, -0.25) is 14.5 Å².